The van der Waals surface area contributed by atoms with Crippen LogP contribution in [0.3, 0.4) is 0 Å². The molecule has 3 aromatic rings. The zero-order valence-electron chi connectivity index (χ0n) is 14.4. The second-order valence-electron chi connectivity index (χ2n) is 5.83. The molecule has 0 aliphatic heterocycles. The summed E-state index contributed by atoms with van der Waals surface area (Å²) in [6.45, 7) is 0.817. The van der Waals surface area contributed by atoms with Crippen molar-refractivity contribution in [3.05, 3.63) is 84.1 Å². The second kappa shape index (κ2) is 8.78. The quantitative estimate of drug-likeness (QED) is 0.646. The number of carbonyl (C=O) groups is 1. The summed E-state index contributed by atoms with van der Waals surface area (Å²) < 4.78 is 1.88. The van der Waals surface area contributed by atoms with E-state index in [0.717, 1.165) is 22.4 Å². The highest BCUT2D eigenvalue weighted by molar-refractivity contribution is 5.92. The zero-order valence-corrected chi connectivity index (χ0v) is 14.4. The van der Waals surface area contributed by atoms with Crippen LogP contribution < -0.4 is 5.32 Å². The maximum Gasteiger partial charge on any atom is 0.244 e. The molecule has 1 aromatic heterocycles. The fourth-order valence-electron chi connectivity index (χ4n) is 2.63. The maximum absolute atomic E-state index is 11.8. The van der Waals surface area contributed by atoms with Crippen LogP contribution in [0, 0.1) is 0 Å². The van der Waals surface area contributed by atoms with E-state index < -0.39 is 0 Å². The molecule has 1 heterocycles. The number of hydrogen-bond acceptors (Lipinski definition) is 3. The molecule has 2 N–H and O–H groups in total. The number of nitrogens with one attached hydrogen (secondary N) is 1. The lowest BCUT2D eigenvalue weighted by Crippen LogP contribution is -2.24. The van der Waals surface area contributed by atoms with Gasteiger partial charge in [0.15, 0.2) is 0 Å². The van der Waals surface area contributed by atoms with Gasteiger partial charge in [0.2, 0.25) is 5.91 Å². The summed E-state index contributed by atoms with van der Waals surface area (Å²) in [7, 11) is 0. The highest BCUT2D eigenvalue weighted by Crippen LogP contribution is 2.23. The van der Waals surface area contributed by atoms with Gasteiger partial charge in [0.05, 0.1) is 18.8 Å². The molecular weight excluding hydrogens is 326 g/mol. The first kappa shape index (κ1) is 17.6. The molecule has 5 heteroatoms. The van der Waals surface area contributed by atoms with Gasteiger partial charge in [-0.1, -0.05) is 60.7 Å². The van der Waals surface area contributed by atoms with Crippen molar-refractivity contribution in [3.63, 3.8) is 0 Å². The van der Waals surface area contributed by atoms with Crippen LogP contribution >= 0.6 is 0 Å². The van der Waals surface area contributed by atoms with Crippen LogP contribution in [0.5, 0.6) is 0 Å². The van der Waals surface area contributed by atoms with Crippen LogP contribution in [0.1, 0.15) is 11.1 Å². The van der Waals surface area contributed by atoms with Gasteiger partial charge in [0.25, 0.3) is 0 Å². The Bertz CT molecular complexity index is 871. The molecule has 0 atom stereocenters. The second-order valence-corrected chi connectivity index (χ2v) is 5.83. The van der Waals surface area contributed by atoms with Crippen molar-refractivity contribution in [2.75, 3.05) is 13.2 Å². The minimum atomic E-state index is -0.242. The van der Waals surface area contributed by atoms with Gasteiger partial charge in [-0.2, -0.15) is 5.10 Å². The van der Waals surface area contributed by atoms with Gasteiger partial charge < -0.3 is 10.4 Å². The van der Waals surface area contributed by atoms with Crippen molar-refractivity contribution in [1.29, 1.82) is 0 Å². The van der Waals surface area contributed by atoms with Gasteiger partial charge in [-0.15, -0.1) is 0 Å². The number of aliphatic hydroxyl groups excluding tert-OH is 1. The predicted octanol–water partition coefficient (Wildman–Crippen LogP) is 2.72. The van der Waals surface area contributed by atoms with Crippen molar-refractivity contribution in [3.8, 4) is 11.3 Å². The molecule has 1 amide bonds. The molecule has 0 saturated carbocycles. The third-order valence-corrected chi connectivity index (χ3v) is 3.85. The summed E-state index contributed by atoms with van der Waals surface area (Å²) in [4.78, 5) is 11.8. The maximum atomic E-state index is 11.8. The minimum absolute atomic E-state index is 0.0795. The van der Waals surface area contributed by atoms with Gasteiger partial charge >= 0.3 is 0 Å². The molecule has 0 aliphatic rings. The van der Waals surface area contributed by atoms with Crippen molar-refractivity contribution < 1.29 is 9.90 Å². The summed E-state index contributed by atoms with van der Waals surface area (Å²) in [6.07, 6.45) is 5.15. The van der Waals surface area contributed by atoms with Crippen LogP contribution in [-0.2, 0) is 11.3 Å². The predicted molar refractivity (Wildman–Crippen MR) is 102 cm³/mol. The molecule has 0 aliphatic carbocycles. The number of carbonyl (C=O) groups excluding carboxylic acids is 1. The normalized spacial score (nSPS) is 11.0. The Morgan fingerprint density at radius 2 is 1.77 bits per heavy atom. The number of benzene rings is 2. The van der Waals surface area contributed by atoms with Crippen molar-refractivity contribution >= 4 is 12.0 Å². The van der Waals surface area contributed by atoms with Crippen molar-refractivity contribution in [1.82, 2.24) is 15.1 Å². The Morgan fingerprint density at radius 1 is 1.08 bits per heavy atom. The highest BCUT2D eigenvalue weighted by atomic mass is 16.3. The van der Waals surface area contributed by atoms with Crippen LogP contribution in [0.4, 0.5) is 0 Å². The Kier molecular flexibility index (Phi) is 5.96. The SMILES string of the molecule is O=C(/C=C/c1cn(Cc2ccccc2)nc1-c1ccccc1)NCCO. The largest absolute Gasteiger partial charge is 0.395 e. The van der Waals surface area contributed by atoms with E-state index in [1.54, 1.807) is 6.08 Å². The van der Waals surface area contributed by atoms with E-state index >= 15 is 0 Å². The van der Waals surface area contributed by atoms with Crippen LogP contribution in [0.2, 0.25) is 0 Å². The van der Waals surface area contributed by atoms with Crippen LogP contribution in [0.15, 0.2) is 72.9 Å². The molecule has 0 spiro atoms. The number of hydrogen-bond donors (Lipinski definition) is 2. The van der Waals surface area contributed by atoms with E-state index in [0.29, 0.717) is 6.54 Å². The molecule has 3 rings (SSSR count). The molecule has 2 aromatic carbocycles. The summed E-state index contributed by atoms with van der Waals surface area (Å²) in [5.74, 6) is -0.242. The molecule has 0 saturated heterocycles. The van der Waals surface area contributed by atoms with E-state index in [-0.39, 0.29) is 19.1 Å². The first-order valence-electron chi connectivity index (χ1n) is 8.50. The Labute approximate surface area is 152 Å². The first-order chi connectivity index (χ1) is 12.8. The number of amides is 1. The molecule has 0 bridgehead atoms. The van der Waals surface area contributed by atoms with Crippen molar-refractivity contribution in [2.45, 2.75) is 6.54 Å². The third kappa shape index (κ3) is 4.68. The van der Waals surface area contributed by atoms with Gasteiger partial charge in [-0.25, -0.2) is 0 Å². The van der Waals surface area contributed by atoms with Gasteiger partial charge in [0.1, 0.15) is 0 Å². The van der Waals surface area contributed by atoms with Gasteiger partial charge in [-0.3, -0.25) is 9.48 Å². The molecule has 0 unspecified atom stereocenters. The molecule has 132 valence electrons. The molecule has 0 fully saturated rings. The van der Waals surface area contributed by atoms with E-state index in [1.807, 2.05) is 59.4 Å². The van der Waals surface area contributed by atoms with E-state index in [9.17, 15) is 4.79 Å². The Balaban J connectivity index is 1.88. The zero-order chi connectivity index (χ0) is 18.2. The summed E-state index contributed by atoms with van der Waals surface area (Å²) in [5.41, 5.74) is 3.85. The summed E-state index contributed by atoms with van der Waals surface area (Å²) >= 11 is 0. The van der Waals surface area contributed by atoms with Gasteiger partial charge in [-0.05, 0) is 11.6 Å². The number of aliphatic hydroxyl groups is 1. The summed E-state index contributed by atoms with van der Waals surface area (Å²) in [5, 5.41) is 16.1. The standard InChI is InChI=1S/C21H21N3O2/c25-14-13-22-20(26)12-11-19-16-24(15-17-7-3-1-4-8-17)23-21(19)18-9-5-2-6-10-18/h1-12,16,25H,13-15H2,(H,22,26)/b12-11+. The summed E-state index contributed by atoms with van der Waals surface area (Å²) in [6, 6.07) is 20.0. The molecule has 0 radical (unpaired) electrons. The molecular formula is C21H21N3O2. The fourth-order valence-corrected chi connectivity index (χ4v) is 2.63. The molecule has 26 heavy (non-hydrogen) atoms. The number of rotatable bonds is 7. The third-order valence-electron chi connectivity index (χ3n) is 3.85. The van der Waals surface area contributed by atoms with Crippen LogP contribution in [0.25, 0.3) is 17.3 Å². The smallest absolute Gasteiger partial charge is 0.244 e. The lowest BCUT2D eigenvalue weighted by Gasteiger charge is -2.01. The Morgan fingerprint density at radius 3 is 2.46 bits per heavy atom. The lowest BCUT2D eigenvalue weighted by atomic mass is 10.1. The fraction of sp³-hybridized carbons (Fsp3) is 0.143. The van der Waals surface area contributed by atoms with Crippen molar-refractivity contribution in [2.24, 2.45) is 0 Å². The topological polar surface area (TPSA) is 67.2 Å². The monoisotopic (exact) mass is 347 g/mol. The van der Waals surface area contributed by atoms with E-state index in [4.69, 9.17) is 10.2 Å². The van der Waals surface area contributed by atoms with E-state index in [1.165, 1.54) is 6.08 Å². The van der Waals surface area contributed by atoms with Crippen LogP contribution in [-0.4, -0.2) is 33.9 Å². The lowest BCUT2D eigenvalue weighted by molar-refractivity contribution is -0.116. The van der Waals surface area contributed by atoms with Gasteiger partial charge in [0, 0.05) is 29.9 Å². The number of nitrogens with zero attached hydrogens (tertiary/aromatic N) is 2. The average molecular weight is 347 g/mol. The first-order valence-corrected chi connectivity index (χ1v) is 8.50. The highest BCUT2D eigenvalue weighted by Gasteiger charge is 2.10. The average Bonchev–Trinajstić information content (AvgIpc) is 3.09. The Hall–Kier alpha value is -3.18. The minimum Gasteiger partial charge on any atom is -0.395 e. The number of aromatic nitrogens is 2. The molecule has 5 nitrogen and oxygen atoms in total. The van der Waals surface area contributed by atoms with E-state index in [2.05, 4.69) is 17.4 Å².